The van der Waals surface area contributed by atoms with Crippen LogP contribution in [0.1, 0.15) is 31.9 Å². The highest BCUT2D eigenvalue weighted by Crippen LogP contribution is 2.28. The lowest BCUT2D eigenvalue weighted by molar-refractivity contribution is 0.0240. The van der Waals surface area contributed by atoms with Crippen molar-refractivity contribution >= 4 is 17.5 Å². The molecule has 0 aromatic heterocycles. The van der Waals surface area contributed by atoms with E-state index in [1.807, 2.05) is 33.8 Å². The molecule has 2 rings (SSSR count). The maximum Gasteiger partial charge on any atom is 0.410 e. The third-order valence-corrected chi connectivity index (χ3v) is 4.06. The second-order valence-electron chi connectivity index (χ2n) is 7.16. The molecule has 0 spiro atoms. The first kappa shape index (κ1) is 18.0. The summed E-state index contributed by atoms with van der Waals surface area (Å²) in [5.74, 6) is 2.66. The number of piperazine rings is 1. The SMILES string of the molecule is C#CCc1cc(N)c(C)c(N2CCN(C(=O)OC(C)(C)C)CC2)c1. The Kier molecular flexibility index (Phi) is 5.28. The largest absolute Gasteiger partial charge is 0.444 e. The summed E-state index contributed by atoms with van der Waals surface area (Å²) < 4.78 is 5.44. The number of nitrogens with two attached hydrogens (primary N) is 1. The zero-order chi connectivity index (χ0) is 17.9. The molecule has 1 aliphatic heterocycles. The first-order chi connectivity index (χ1) is 11.2. The first-order valence-corrected chi connectivity index (χ1v) is 8.26. The van der Waals surface area contributed by atoms with E-state index in [0.29, 0.717) is 19.5 Å². The van der Waals surface area contributed by atoms with Crippen molar-refractivity contribution in [1.29, 1.82) is 0 Å². The van der Waals surface area contributed by atoms with Crippen LogP contribution in [-0.2, 0) is 11.2 Å². The lowest BCUT2D eigenvalue weighted by Gasteiger charge is -2.37. The molecule has 5 nitrogen and oxygen atoms in total. The molecule has 1 aliphatic rings. The van der Waals surface area contributed by atoms with Crippen LogP contribution in [0.3, 0.4) is 0 Å². The van der Waals surface area contributed by atoms with Crippen molar-refractivity contribution in [3.8, 4) is 12.3 Å². The Bertz CT molecular complexity index is 648. The Balaban J connectivity index is 2.07. The molecule has 130 valence electrons. The molecule has 0 atom stereocenters. The van der Waals surface area contributed by atoms with E-state index in [1.165, 1.54) is 0 Å². The van der Waals surface area contributed by atoms with Gasteiger partial charge in [-0.15, -0.1) is 12.3 Å². The van der Waals surface area contributed by atoms with Crippen LogP contribution in [-0.4, -0.2) is 42.8 Å². The molecule has 5 heteroatoms. The highest BCUT2D eigenvalue weighted by molar-refractivity contribution is 5.70. The van der Waals surface area contributed by atoms with Gasteiger partial charge in [-0.2, -0.15) is 0 Å². The number of nitrogen functional groups attached to an aromatic ring is 1. The standard InChI is InChI=1S/C19H27N3O2/c1-6-7-15-12-16(20)14(2)17(13-15)21-8-10-22(11-9-21)18(23)24-19(3,4)5/h1,12-13H,7-11,20H2,2-5H3. The molecule has 24 heavy (non-hydrogen) atoms. The van der Waals surface area contributed by atoms with Gasteiger partial charge in [0.2, 0.25) is 0 Å². The third-order valence-electron chi connectivity index (χ3n) is 4.06. The molecule has 1 fully saturated rings. The minimum absolute atomic E-state index is 0.250. The molecule has 0 aliphatic carbocycles. The van der Waals surface area contributed by atoms with Crippen molar-refractivity contribution in [2.45, 2.75) is 39.7 Å². The van der Waals surface area contributed by atoms with Crippen molar-refractivity contribution in [3.63, 3.8) is 0 Å². The van der Waals surface area contributed by atoms with E-state index in [1.54, 1.807) is 4.90 Å². The van der Waals surface area contributed by atoms with Gasteiger partial charge in [0, 0.05) is 44.0 Å². The molecular formula is C19H27N3O2. The molecule has 0 bridgehead atoms. The van der Waals surface area contributed by atoms with Gasteiger partial charge in [-0.1, -0.05) is 0 Å². The fraction of sp³-hybridized carbons (Fsp3) is 0.526. The van der Waals surface area contributed by atoms with Crippen LogP contribution in [0, 0.1) is 19.3 Å². The van der Waals surface area contributed by atoms with Crippen LogP contribution in [0.5, 0.6) is 0 Å². The van der Waals surface area contributed by atoms with E-state index >= 15 is 0 Å². The number of hydrogen-bond donors (Lipinski definition) is 1. The number of benzene rings is 1. The van der Waals surface area contributed by atoms with E-state index in [0.717, 1.165) is 35.6 Å². The predicted octanol–water partition coefficient (Wildman–Crippen LogP) is 2.81. The van der Waals surface area contributed by atoms with Gasteiger partial charge in [0.05, 0.1) is 0 Å². The van der Waals surface area contributed by atoms with Gasteiger partial charge in [0.25, 0.3) is 0 Å². The average Bonchev–Trinajstić information content (AvgIpc) is 2.49. The summed E-state index contributed by atoms with van der Waals surface area (Å²) >= 11 is 0. The molecule has 1 amide bonds. The Morgan fingerprint density at radius 1 is 1.29 bits per heavy atom. The van der Waals surface area contributed by atoms with E-state index in [2.05, 4.69) is 16.9 Å². The molecule has 1 aromatic carbocycles. The maximum atomic E-state index is 12.2. The Labute approximate surface area is 144 Å². The summed E-state index contributed by atoms with van der Waals surface area (Å²) in [7, 11) is 0. The molecule has 0 saturated carbocycles. The van der Waals surface area contributed by atoms with Gasteiger partial charge >= 0.3 is 6.09 Å². The van der Waals surface area contributed by atoms with E-state index in [-0.39, 0.29) is 6.09 Å². The minimum Gasteiger partial charge on any atom is -0.444 e. The molecular weight excluding hydrogens is 302 g/mol. The van der Waals surface area contributed by atoms with Crippen molar-refractivity contribution in [2.75, 3.05) is 36.8 Å². The quantitative estimate of drug-likeness (QED) is 0.669. The molecule has 0 radical (unpaired) electrons. The molecule has 1 saturated heterocycles. The fourth-order valence-electron chi connectivity index (χ4n) is 2.79. The second kappa shape index (κ2) is 7.04. The summed E-state index contributed by atoms with van der Waals surface area (Å²) in [5.41, 5.74) is 9.62. The number of carbonyl (C=O) groups is 1. The number of amides is 1. The van der Waals surface area contributed by atoms with Gasteiger partial charge in [-0.05, 0) is 51.0 Å². The summed E-state index contributed by atoms with van der Waals surface area (Å²) in [6.07, 6.45) is 5.73. The fourth-order valence-corrected chi connectivity index (χ4v) is 2.79. The third kappa shape index (κ3) is 4.35. The van der Waals surface area contributed by atoms with Crippen LogP contribution >= 0.6 is 0 Å². The van der Waals surface area contributed by atoms with Crippen molar-refractivity contribution in [1.82, 2.24) is 4.90 Å². The minimum atomic E-state index is -0.469. The van der Waals surface area contributed by atoms with Crippen LogP contribution < -0.4 is 10.6 Å². The van der Waals surface area contributed by atoms with Crippen molar-refractivity contribution < 1.29 is 9.53 Å². The van der Waals surface area contributed by atoms with Gasteiger partial charge in [0.1, 0.15) is 5.60 Å². The first-order valence-electron chi connectivity index (χ1n) is 8.26. The lowest BCUT2D eigenvalue weighted by atomic mass is 10.0. The van der Waals surface area contributed by atoms with Gasteiger partial charge in [-0.3, -0.25) is 0 Å². The summed E-state index contributed by atoms with van der Waals surface area (Å²) in [6.45, 7) is 10.4. The van der Waals surface area contributed by atoms with Gasteiger partial charge < -0.3 is 20.3 Å². The van der Waals surface area contributed by atoms with Crippen LogP contribution in [0.15, 0.2) is 12.1 Å². The highest BCUT2D eigenvalue weighted by atomic mass is 16.6. The number of ether oxygens (including phenoxy) is 1. The number of terminal acetylenes is 1. The lowest BCUT2D eigenvalue weighted by Crippen LogP contribution is -2.50. The van der Waals surface area contributed by atoms with Crippen molar-refractivity contribution in [3.05, 3.63) is 23.3 Å². The average molecular weight is 329 g/mol. The van der Waals surface area contributed by atoms with E-state index in [4.69, 9.17) is 16.9 Å². The number of anilines is 2. The number of carbonyl (C=O) groups excluding carboxylic acids is 1. The van der Waals surface area contributed by atoms with Gasteiger partial charge in [-0.25, -0.2) is 4.79 Å². The van der Waals surface area contributed by atoms with Crippen molar-refractivity contribution in [2.24, 2.45) is 0 Å². The summed E-state index contributed by atoms with van der Waals surface area (Å²) in [5, 5.41) is 0. The molecule has 1 heterocycles. The zero-order valence-corrected chi connectivity index (χ0v) is 15.1. The topological polar surface area (TPSA) is 58.8 Å². The van der Waals surface area contributed by atoms with Gasteiger partial charge in [0.15, 0.2) is 0 Å². The zero-order valence-electron chi connectivity index (χ0n) is 15.1. The molecule has 1 aromatic rings. The summed E-state index contributed by atoms with van der Waals surface area (Å²) in [4.78, 5) is 16.2. The Morgan fingerprint density at radius 3 is 2.46 bits per heavy atom. The van der Waals surface area contributed by atoms with Crippen LogP contribution in [0.4, 0.5) is 16.2 Å². The summed E-state index contributed by atoms with van der Waals surface area (Å²) in [6, 6.07) is 4.05. The molecule has 0 unspecified atom stereocenters. The number of hydrogen-bond acceptors (Lipinski definition) is 4. The van der Waals surface area contributed by atoms with Crippen LogP contribution in [0.25, 0.3) is 0 Å². The number of rotatable bonds is 2. The highest BCUT2D eigenvalue weighted by Gasteiger charge is 2.26. The normalized spacial score (nSPS) is 15.1. The number of nitrogens with zero attached hydrogens (tertiary/aromatic N) is 2. The molecule has 2 N–H and O–H groups in total. The Hall–Kier alpha value is -2.35. The Morgan fingerprint density at radius 2 is 1.92 bits per heavy atom. The predicted molar refractivity (Wildman–Crippen MR) is 98.1 cm³/mol. The smallest absolute Gasteiger partial charge is 0.410 e. The maximum absolute atomic E-state index is 12.2. The van der Waals surface area contributed by atoms with Crippen LogP contribution in [0.2, 0.25) is 0 Å². The van der Waals surface area contributed by atoms with E-state index in [9.17, 15) is 4.79 Å². The monoisotopic (exact) mass is 329 g/mol. The van der Waals surface area contributed by atoms with E-state index < -0.39 is 5.60 Å². The second-order valence-corrected chi connectivity index (χ2v) is 7.16.